The van der Waals surface area contributed by atoms with Crippen LogP contribution in [0.5, 0.6) is 0 Å². The summed E-state index contributed by atoms with van der Waals surface area (Å²) in [5, 5.41) is 0. The third-order valence-corrected chi connectivity index (χ3v) is 4.88. The van der Waals surface area contributed by atoms with Crippen LogP contribution >= 0.6 is 0 Å². The highest BCUT2D eigenvalue weighted by molar-refractivity contribution is 5.43. The van der Waals surface area contributed by atoms with Crippen molar-refractivity contribution in [2.45, 2.75) is 25.1 Å². The molecule has 4 heteroatoms. The molecule has 2 aromatic rings. The van der Waals surface area contributed by atoms with Crippen molar-refractivity contribution in [1.82, 2.24) is 9.47 Å². The highest BCUT2D eigenvalue weighted by Gasteiger charge is 2.37. The minimum atomic E-state index is -0.294. The standard InChI is InChI=1S/C20H21FN2O/c21-9-11-22-12-13-24-20-18(22)8-10-23-15-17(14-19(20)23)7-6-16-4-2-1-3-5-16/h1-5,14-15,18,20H,8-13H2/t18-,20-/m0/s1. The average molecular weight is 324 g/mol. The zero-order valence-electron chi connectivity index (χ0n) is 13.6. The number of halogens is 1. The van der Waals surface area contributed by atoms with Crippen LogP contribution in [0.25, 0.3) is 0 Å². The summed E-state index contributed by atoms with van der Waals surface area (Å²) in [5.41, 5.74) is 3.20. The molecule has 2 aliphatic heterocycles. The molecule has 0 saturated carbocycles. The Kier molecular flexibility index (Phi) is 4.38. The first-order valence-electron chi connectivity index (χ1n) is 8.54. The van der Waals surface area contributed by atoms with Crippen molar-refractivity contribution in [3.05, 3.63) is 59.4 Å². The van der Waals surface area contributed by atoms with Gasteiger partial charge in [-0.3, -0.25) is 4.90 Å². The molecule has 0 aliphatic carbocycles. The number of fused-ring (bicyclic) bond motifs is 3. The van der Waals surface area contributed by atoms with Gasteiger partial charge in [0.1, 0.15) is 12.8 Å². The Hall–Kier alpha value is -2.09. The van der Waals surface area contributed by atoms with Crippen LogP contribution in [0.15, 0.2) is 42.6 Å². The molecule has 1 saturated heterocycles. The molecule has 0 bridgehead atoms. The van der Waals surface area contributed by atoms with Gasteiger partial charge in [0.25, 0.3) is 0 Å². The lowest BCUT2D eigenvalue weighted by Crippen LogP contribution is -2.50. The van der Waals surface area contributed by atoms with Gasteiger partial charge in [0.2, 0.25) is 0 Å². The van der Waals surface area contributed by atoms with Crippen molar-refractivity contribution in [2.75, 3.05) is 26.4 Å². The van der Waals surface area contributed by atoms with Gasteiger partial charge in [-0.15, -0.1) is 0 Å². The normalized spacial score (nSPS) is 23.0. The summed E-state index contributed by atoms with van der Waals surface area (Å²) < 4.78 is 21.1. The minimum Gasteiger partial charge on any atom is -0.369 e. The number of alkyl halides is 1. The zero-order valence-corrected chi connectivity index (χ0v) is 13.6. The van der Waals surface area contributed by atoms with Gasteiger partial charge >= 0.3 is 0 Å². The number of hydrogen-bond donors (Lipinski definition) is 0. The van der Waals surface area contributed by atoms with Crippen molar-refractivity contribution >= 4 is 0 Å². The summed E-state index contributed by atoms with van der Waals surface area (Å²) in [4.78, 5) is 2.24. The number of nitrogens with zero attached hydrogens (tertiary/aromatic N) is 2. The van der Waals surface area contributed by atoms with Gasteiger partial charge in [-0.1, -0.05) is 30.0 Å². The minimum absolute atomic E-state index is 0.0336. The summed E-state index contributed by atoms with van der Waals surface area (Å²) in [7, 11) is 0. The van der Waals surface area contributed by atoms with Crippen LogP contribution in [0, 0.1) is 11.8 Å². The molecule has 24 heavy (non-hydrogen) atoms. The second-order valence-corrected chi connectivity index (χ2v) is 6.34. The van der Waals surface area contributed by atoms with E-state index in [1.165, 1.54) is 5.69 Å². The van der Waals surface area contributed by atoms with Gasteiger partial charge in [0.15, 0.2) is 0 Å². The zero-order chi connectivity index (χ0) is 16.4. The number of hydrogen-bond acceptors (Lipinski definition) is 2. The van der Waals surface area contributed by atoms with E-state index in [1.807, 2.05) is 30.3 Å². The Morgan fingerprint density at radius 2 is 1.96 bits per heavy atom. The second kappa shape index (κ2) is 6.80. The number of aromatic nitrogens is 1. The Morgan fingerprint density at radius 1 is 1.12 bits per heavy atom. The summed E-state index contributed by atoms with van der Waals surface area (Å²) in [5.74, 6) is 6.46. The van der Waals surface area contributed by atoms with E-state index in [2.05, 4.69) is 33.6 Å². The molecular formula is C20H21FN2O. The van der Waals surface area contributed by atoms with Crippen LogP contribution in [0.1, 0.15) is 29.3 Å². The van der Waals surface area contributed by atoms with Crippen molar-refractivity contribution in [3.8, 4) is 11.8 Å². The maximum Gasteiger partial charge on any atom is 0.113 e. The molecular weight excluding hydrogens is 303 g/mol. The summed E-state index contributed by atoms with van der Waals surface area (Å²) in [6.45, 7) is 2.64. The maximum absolute atomic E-state index is 12.8. The fourth-order valence-corrected chi connectivity index (χ4v) is 3.73. The predicted molar refractivity (Wildman–Crippen MR) is 91.5 cm³/mol. The number of morpholine rings is 1. The van der Waals surface area contributed by atoms with Crippen LogP contribution in [0.3, 0.4) is 0 Å². The van der Waals surface area contributed by atoms with Crippen molar-refractivity contribution in [2.24, 2.45) is 0 Å². The molecule has 0 radical (unpaired) electrons. The molecule has 124 valence electrons. The Balaban J connectivity index is 1.58. The first-order chi connectivity index (χ1) is 11.8. The van der Waals surface area contributed by atoms with Gasteiger partial charge < -0.3 is 9.30 Å². The third kappa shape index (κ3) is 2.98. The van der Waals surface area contributed by atoms with E-state index < -0.39 is 0 Å². The highest BCUT2D eigenvalue weighted by Crippen LogP contribution is 2.35. The van der Waals surface area contributed by atoms with Crippen LogP contribution in [0.2, 0.25) is 0 Å². The monoisotopic (exact) mass is 324 g/mol. The third-order valence-electron chi connectivity index (χ3n) is 4.88. The lowest BCUT2D eigenvalue weighted by Gasteiger charge is -2.43. The van der Waals surface area contributed by atoms with E-state index in [0.717, 1.165) is 30.6 Å². The van der Waals surface area contributed by atoms with Crippen LogP contribution in [0.4, 0.5) is 4.39 Å². The van der Waals surface area contributed by atoms with E-state index in [4.69, 9.17) is 4.74 Å². The van der Waals surface area contributed by atoms with E-state index in [9.17, 15) is 4.39 Å². The Labute approximate surface area is 142 Å². The molecule has 0 N–H and O–H groups in total. The van der Waals surface area contributed by atoms with Gasteiger partial charge in [0.05, 0.1) is 6.61 Å². The topological polar surface area (TPSA) is 17.4 Å². The lowest BCUT2D eigenvalue weighted by atomic mass is 9.97. The summed E-state index contributed by atoms with van der Waals surface area (Å²) in [6, 6.07) is 12.4. The van der Waals surface area contributed by atoms with Gasteiger partial charge in [0, 0.05) is 48.7 Å². The summed E-state index contributed by atoms with van der Waals surface area (Å²) >= 11 is 0. The smallest absolute Gasteiger partial charge is 0.113 e. The van der Waals surface area contributed by atoms with Gasteiger partial charge in [-0.25, -0.2) is 4.39 Å². The average Bonchev–Trinajstić information content (AvgIpc) is 3.05. The number of aryl methyl sites for hydroxylation is 1. The maximum atomic E-state index is 12.8. The Morgan fingerprint density at radius 3 is 2.79 bits per heavy atom. The second-order valence-electron chi connectivity index (χ2n) is 6.34. The molecule has 2 atom stereocenters. The first kappa shape index (κ1) is 15.4. The molecule has 2 aliphatic rings. The molecule has 1 fully saturated rings. The van der Waals surface area contributed by atoms with Crippen LogP contribution in [-0.2, 0) is 11.3 Å². The van der Waals surface area contributed by atoms with Crippen molar-refractivity contribution in [3.63, 3.8) is 0 Å². The predicted octanol–water partition coefficient (Wildman–Crippen LogP) is 3.00. The molecule has 0 unspecified atom stereocenters. The molecule has 0 amide bonds. The number of rotatable bonds is 2. The van der Waals surface area contributed by atoms with E-state index in [1.54, 1.807) is 0 Å². The lowest BCUT2D eigenvalue weighted by molar-refractivity contribution is -0.0888. The van der Waals surface area contributed by atoms with Gasteiger partial charge in [-0.2, -0.15) is 0 Å². The SMILES string of the molecule is FCCN1CCO[C@@H]2c3cc(C#Cc4ccccc4)cn3CC[C@@H]21. The van der Waals surface area contributed by atoms with Crippen molar-refractivity contribution < 1.29 is 9.13 Å². The van der Waals surface area contributed by atoms with E-state index in [0.29, 0.717) is 13.2 Å². The molecule has 3 heterocycles. The van der Waals surface area contributed by atoms with Crippen LogP contribution < -0.4 is 0 Å². The van der Waals surface area contributed by atoms with E-state index >= 15 is 0 Å². The molecule has 3 nitrogen and oxygen atoms in total. The fourth-order valence-electron chi connectivity index (χ4n) is 3.73. The fraction of sp³-hybridized carbons (Fsp3) is 0.400. The molecule has 1 aromatic carbocycles. The van der Waals surface area contributed by atoms with Crippen LogP contribution in [-0.4, -0.2) is 41.9 Å². The van der Waals surface area contributed by atoms with Gasteiger partial charge in [-0.05, 0) is 24.6 Å². The van der Waals surface area contributed by atoms with Crippen molar-refractivity contribution in [1.29, 1.82) is 0 Å². The summed E-state index contributed by atoms with van der Waals surface area (Å²) in [6.07, 6.45) is 3.14. The molecule has 1 aromatic heterocycles. The number of benzene rings is 1. The highest BCUT2D eigenvalue weighted by atomic mass is 19.1. The number of ether oxygens (including phenoxy) is 1. The Bertz CT molecular complexity index is 757. The van der Waals surface area contributed by atoms with E-state index in [-0.39, 0.29) is 18.8 Å². The molecule has 0 spiro atoms. The quantitative estimate of drug-likeness (QED) is 0.790. The largest absolute Gasteiger partial charge is 0.369 e. The first-order valence-corrected chi connectivity index (χ1v) is 8.54. The molecule has 4 rings (SSSR count).